The molecule has 0 bridgehead atoms. The molecule has 0 N–H and O–H groups in total. The van der Waals surface area contributed by atoms with Crippen molar-refractivity contribution >= 4 is 21.5 Å². The van der Waals surface area contributed by atoms with E-state index in [1.54, 1.807) is 0 Å². The molecule has 1 aromatic heterocycles. The highest BCUT2D eigenvalue weighted by Crippen LogP contribution is 2.21. The Labute approximate surface area is 194 Å². The van der Waals surface area contributed by atoms with E-state index in [0.29, 0.717) is 0 Å². The third kappa shape index (κ3) is 3.92. The molecule has 0 amide bonds. The molecule has 0 aliphatic carbocycles. The lowest BCUT2D eigenvalue weighted by atomic mass is 10.1. The maximum Gasteiger partial charge on any atom is 0.289 e. The molecule has 0 radical (unpaired) electrons. The number of rotatable bonds is 5. The van der Waals surface area contributed by atoms with Gasteiger partial charge in [-0.2, -0.15) is 0 Å². The zero-order chi connectivity index (χ0) is 22.0. The Kier molecular flexibility index (Phi) is 4.97. The van der Waals surface area contributed by atoms with E-state index in [4.69, 9.17) is 0 Å². The van der Waals surface area contributed by atoms with Crippen molar-refractivity contribution < 1.29 is 4.57 Å². The predicted octanol–water partition coefficient (Wildman–Crippen LogP) is 6.85. The molecule has 158 valence electrons. The number of nitrogens with zero attached hydrogens (tertiary/aromatic N) is 2. The van der Waals surface area contributed by atoms with Gasteiger partial charge in [0.25, 0.3) is 5.82 Å². The highest BCUT2D eigenvalue weighted by molar-refractivity contribution is 5.83. The Bertz CT molecular complexity index is 1460. The van der Waals surface area contributed by atoms with Gasteiger partial charge < -0.3 is 0 Å². The third-order valence-corrected chi connectivity index (χ3v) is 6.34. The van der Waals surface area contributed by atoms with Gasteiger partial charge in [-0.15, -0.1) is 0 Å². The minimum Gasteiger partial charge on any atom is -0.226 e. The number of hydrogen-bond acceptors (Lipinski definition) is 0. The topological polar surface area (TPSA) is 8.81 Å². The maximum atomic E-state index is 2.36. The lowest BCUT2D eigenvalue weighted by Crippen LogP contribution is -2.35. The zero-order valence-corrected chi connectivity index (χ0v) is 18.4. The van der Waals surface area contributed by atoms with Crippen LogP contribution in [0, 0.1) is 0 Å². The largest absolute Gasteiger partial charge is 0.289 e. The summed E-state index contributed by atoms with van der Waals surface area (Å²) >= 11 is 0. The number of imidazole rings is 1. The van der Waals surface area contributed by atoms with Crippen molar-refractivity contribution in [2.45, 2.75) is 13.1 Å². The molecule has 6 rings (SSSR count). The highest BCUT2D eigenvalue weighted by atomic mass is 15.1. The van der Waals surface area contributed by atoms with Crippen LogP contribution in [0.1, 0.15) is 11.1 Å². The molecule has 1 heterocycles. The van der Waals surface area contributed by atoms with E-state index in [1.807, 2.05) is 0 Å². The summed E-state index contributed by atoms with van der Waals surface area (Å²) in [6, 6.07) is 41.3. The summed E-state index contributed by atoms with van der Waals surface area (Å²) in [5, 5.41) is 5.13. The van der Waals surface area contributed by atoms with Crippen LogP contribution in [0.2, 0.25) is 0 Å². The molecular formula is C31H25N2+. The Hall–Kier alpha value is -4.17. The average Bonchev–Trinajstić information content (AvgIpc) is 3.26. The van der Waals surface area contributed by atoms with Gasteiger partial charge in [0.1, 0.15) is 25.5 Å². The van der Waals surface area contributed by atoms with Crippen LogP contribution in [0.25, 0.3) is 32.9 Å². The standard InChI is InChI=1S/C31H25N2/c1-2-10-28(11-3-1)31-32(22-24-14-16-26-8-4-6-12-29(26)20-24)18-19-33(31)23-25-15-17-27-9-5-7-13-30(27)21-25/h1-21H,22-23H2/q+1. The molecule has 0 spiro atoms. The van der Waals surface area contributed by atoms with Crippen molar-refractivity contribution in [3.05, 3.63) is 139 Å². The molecule has 0 saturated carbocycles. The molecule has 0 saturated heterocycles. The lowest BCUT2D eigenvalue weighted by Gasteiger charge is -2.08. The first-order valence-corrected chi connectivity index (χ1v) is 11.4. The minimum absolute atomic E-state index is 0.833. The van der Waals surface area contributed by atoms with Gasteiger partial charge in [-0.1, -0.05) is 91.0 Å². The van der Waals surface area contributed by atoms with E-state index in [0.717, 1.165) is 13.1 Å². The molecule has 0 aliphatic rings. The van der Waals surface area contributed by atoms with Crippen molar-refractivity contribution in [3.63, 3.8) is 0 Å². The molecule has 0 atom stereocenters. The van der Waals surface area contributed by atoms with Gasteiger partial charge in [-0.05, 0) is 56.9 Å². The van der Waals surface area contributed by atoms with Crippen LogP contribution in [0.3, 0.4) is 0 Å². The van der Waals surface area contributed by atoms with Crippen molar-refractivity contribution in [2.24, 2.45) is 0 Å². The molecule has 6 aromatic rings. The minimum atomic E-state index is 0.833. The second-order valence-corrected chi connectivity index (χ2v) is 8.61. The summed E-state index contributed by atoms with van der Waals surface area (Å²) in [7, 11) is 0. The summed E-state index contributed by atoms with van der Waals surface area (Å²) in [5.74, 6) is 1.22. The summed E-state index contributed by atoms with van der Waals surface area (Å²) in [6.07, 6.45) is 4.41. The predicted molar refractivity (Wildman–Crippen MR) is 136 cm³/mol. The van der Waals surface area contributed by atoms with E-state index in [-0.39, 0.29) is 0 Å². The van der Waals surface area contributed by atoms with E-state index >= 15 is 0 Å². The second-order valence-electron chi connectivity index (χ2n) is 8.61. The van der Waals surface area contributed by atoms with E-state index in [2.05, 4.69) is 137 Å². The Morgan fingerprint density at radius 3 is 1.82 bits per heavy atom. The SMILES string of the molecule is c1ccc(-c2n(Cc3ccc4ccccc4c3)cc[n+]2Cc2ccc3ccccc3c2)cc1. The monoisotopic (exact) mass is 425 g/mol. The molecule has 0 aliphatic heterocycles. The smallest absolute Gasteiger partial charge is 0.226 e. The summed E-state index contributed by atoms with van der Waals surface area (Å²) < 4.78 is 4.72. The quantitative estimate of drug-likeness (QED) is 0.267. The average molecular weight is 426 g/mol. The fourth-order valence-corrected chi connectivity index (χ4v) is 4.71. The summed E-state index contributed by atoms with van der Waals surface area (Å²) in [4.78, 5) is 0. The van der Waals surface area contributed by atoms with Crippen molar-refractivity contribution in [1.82, 2.24) is 4.57 Å². The Morgan fingerprint density at radius 1 is 0.545 bits per heavy atom. The van der Waals surface area contributed by atoms with Gasteiger partial charge in [0.05, 0.1) is 5.56 Å². The first-order chi connectivity index (χ1) is 16.3. The summed E-state index contributed by atoms with van der Waals surface area (Å²) in [5.41, 5.74) is 3.84. The van der Waals surface area contributed by atoms with Crippen LogP contribution in [-0.4, -0.2) is 4.57 Å². The lowest BCUT2D eigenvalue weighted by molar-refractivity contribution is -0.676. The van der Waals surface area contributed by atoms with E-state index in [1.165, 1.54) is 44.1 Å². The van der Waals surface area contributed by atoms with Crippen molar-refractivity contribution in [2.75, 3.05) is 0 Å². The molecule has 5 aromatic carbocycles. The van der Waals surface area contributed by atoms with Crippen LogP contribution in [-0.2, 0) is 13.1 Å². The normalized spacial score (nSPS) is 11.3. The van der Waals surface area contributed by atoms with Crippen LogP contribution in [0.15, 0.2) is 128 Å². The first kappa shape index (κ1) is 19.5. The van der Waals surface area contributed by atoms with Crippen molar-refractivity contribution in [3.8, 4) is 11.4 Å². The first-order valence-electron chi connectivity index (χ1n) is 11.4. The Balaban J connectivity index is 1.39. The molecule has 2 heteroatoms. The van der Waals surface area contributed by atoms with Crippen LogP contribution in [0.5, 0.6) is 0 Å². The summed E-state index contributed by atoms with van der Waals surface area (Å²) in [6.45, 7) is 1.67. The van der Waals surface area contributed by atoms with Gasteiger partial charge in [0.2, 0.25) is 0 Å². The van der Waals surface area contributed by atoms with Gasteiger partial charge >= 0.3 is 0 Å². The third-order valence-electron chi connectivity index (χ3n) is 6.34. The molecule has 2 nitrogen and oxygen atoms in total. The Morgan fingerprint density at radius 2 is 1.12 bits per heavy atom. The maximum absolute atomic E-state index is 2.36. The highest BCUT2D eigenvalue weighted by Gasteiger charge is 2.20. The molecule has 0 unspecified atom stereocenters. The van der Waals surface area contributed by atoms with E-state index in [9.17, 15) is 0 Å². The fourth-order valence-electron chi connectivity index (χ4n) is 4.71. The fraction of sp³-hybridized carbons (Fsp3) is 0.0645. The van der Waals surface area contributed by atoms with Gasteiger partial charge in [0.15, 0.2) is 0 Å². The van der Waals surface area contributed by atoms with Crippen molar-refractivity contribution in [1.29, 1.82) is 0 Å². The van der Waals surface area contributed by atoms with Crippen LogP contribution >= 0.6 is 0 Å². The number of hydrogen-bond donors (Lipinski definition) is 0. The number of aromatic nitrogens is 2. The van der Waals surface area contributed by atoms with Gasteiger partial charge in [-0.25, -0.2) is 9.13 Å². The van der Waals surface area contributed by atoms with Crippen LogP contribution < -0.4 is 4.57 Å². The van der Waals surface area contributed by atoms with Gasteiger partial charge in [0, 0.05) is 0 Å². The van der Waals surface area contributed by atoms with E-state index < -0.39 is 0 Å². The molecule has 0 fully saturated rings. The number of benzene rings is 5. The molecular weight excluding hydrogens is 400 g/mol. The number of fused-ring (bicyclic) bond motifs is 2. The van der Waals surface area contributed by atoms with Gasteiger partial charge in [-0.3, -0.25) is 0 Å². The second kappa shape index (κ2) is 8.40. The van der Waals surface area contributed by atoms with Crippen LogP contribution in [0.4, 0.5) is 0 Å². The zero-order valence-electron chi connectivity index (χ0n) is 18.4. The molecule has 33 heavy (non-hydrogen) atoms.